The van der Waals surface area contributed by atoms with Gasteiger partial charge in [0.1, 0.15) is 5.82 Å². The molecule has 25 heavy (non-hydrogen) atoms. The summed E-state index contributed by atoms with van der Waals surface area (Å²) in [4.78, 5) is 19.4. The Labute approximate surface area is 148 Å². The quantitative estimate of drug-likeness (QED) is 0.717. The van der Waals surface area contributed by atoms with Crippen molar-refractivity contribution in [1.82, 2.24) is 14.5 Å². The molecule has 0 N–H and O–H groups in total. The van der Waals surface area contributed by atoms with Gasteiger partial charge in [-0.05, 0) is 62.9 Å². The van der Waals surface area contributed by atoms with Crippen LogP contribution < -0.4 is 0 Å². The Morgan fingerprint density at radius 3 is 2.60 bits per heavy atom. The van der Waals surface area contributed by atoms with E-state index in [1.54, 1.807) is 0 Å². The molecule has 1 unspecified atom stereocenters. The monoisotopic (exact) mass is 333 g/mol. The van der Waals surface area contributed by atoms with Gasteiger partial charge in [-0.1, -0.05) is 18.2 Å². The lowest BCUT2D eigenvalue weighted by Gasteiger charge is -2.25. The predicted octanol–water partition coefficient (Wildman–Crippen LogP) is 4.20. The molecule has 0 aliphatic heterocycles. The highest BCUT2D eigenvalue weighted by molar-refractivity contribution is 5.97. The van der Waals surface area contributed by atoms with Crippen molar-refractivity contribution in [2.24, 2.45) is 5.92 Å². The highest BCUT2D eigenvalue weighted by atomic mass is 16.2. The van der Waals surface area contributed by atoms with E-state index in [4.69, 9.17) is 0 Å². The Morgan fingerprint density at radius 2 is 1.92 bits per heavy atom. The number of imidazole rings is 1. The Balaban J connectivity index is 1.71. The van der Waals surface area contributed by atoms with Gasteiger partial charge >= 0.3 is 0 Å². The first-order valence-corrected chi connectivity index (χ1v) is 8.88. The zero-order valence-electron chi connectivity index (χ0n) is 14.9. The minimum absolute atomic E-state index is 0.0771. The minimum Gasteiger partial charge on any atom is -0.339 e. The molecule has 3 aromatic rings. The normalized spacial score (nSPS) is 15.3. The van der Waals surface area contributed by atoms with E-state index in [2.05, 4.69) is 28.6 Å². The Hall–Kier alpha value is -2.62. The van der Waals surface area contributed by atoms with Gasteiger partial charge in [0.25, 0.3) is 5.91 Å². The van der Waals surface area contributed by atoms with Crippen LogP contribution in [0.2, 0.25) is 0 Å². The van der Waals surface area contributed by atoms with Crippen LogP contribution in [-0.4, -0.2) is 33.4 Å². The van der Waals surface area contributed by atoms with E-state index >= 15 is 0 Å². The fourth-order valence-electron chi connectivity index (χ4n) is 3.52. The molecule has 4 rings (SSSR count). The van der Waals surface area contributed by atoms with E-state index < -0.39 is 0 Å². The summed E-state index contributed by atoms with van der Waals surface area (Å²) in [6, 6.07) is 16.3. The van der Waals surface area contributed by atoms with E-state index in [1.807, 2.05) is 55.3 Å². The number of aryl methyl sites for hydroxylation is 1. The van der Waals surface area contributed by atoms with Crippen molar-refractivity contribution in [3.8, 4) is 5.69 Å². The molecule has 4 heteroatoms. The van der Waals surface area contributed by atoms with Crippen LogP contribution in [-0.2, 0) is 0 Å². The summed E-state index contributed by atoms with van der Waals surface area (Å²) in [6.07, 6.45) is 2.47. The van der Waals surface area contributed by atoms with E-state index in [0.717, 1.165) is 22.5 Å². The second-order valence-corrected chi connectivity index (χ2v) is 7.03. The Kier molecular flexibility index (Phi) is 3.83. The van der Waals surface area contributed by atoms with Crippen molar-refractivity contribution in [3.63, 3.8) is 0 Å². The highest BCUT2D eigenvalue weighted by Gasteiger charge is 2.32. The molecule has 1 heterocycles. The first-order chi connectivity index (χ1) is 12.1. The molecule has 2 aromatic carbocycles. The average Bonchev–Trinajstić information content (AvgIpc) is 3.42. The lowest BCUT2D eigenvalue weighted by atomic mass is 10.1. The van der Waals surface area contributed by atoms with E-state index in [1.165, 1.54) is 12.8 Å². The lowest BCUT2D eigenvalue weighted by Crippen LogP contribution is -2.36. The second kappa shape index (κ2) is 6.03. The number of hydrogen-bond acceptors (Lipinski definition) is 2. The zero-order valence-corrected chi connectivity index (χ0v) is 14.9. The number of benzene rings is 2. The van der Waals surface area contributed by atoms with Crippen LogP contribution in [0.5, 0.6) is 0 Å². The van der Waals surface area contributed by atoms with Crippen LogP contribution in [0.25, 0.3) is 16.7 Å². The van der Waals surface area contributed by atoms with Crippen LogP contribution >= 0.6 is 0 Å². The van der Waals surface area contributed by atoms with Gasteiger partial charge in [-0.3, -0.25) is 9.36 Å². The van der Waals surface area contributed by atoms with Crippen LogP contribution in [0, 0.1) is 12.8 Å². The number of nitrogens with zero attached hydrogens (tertiary/aromatic N) is 3. The molecule has 0 saturated heterocycles. The number of hydrogen-bond donors (Lipinski definition) is 0. The number of fused-ring (bicyclic) bond motifs is 1. The molecule has 1 aromatic heterocycles. The number of para-hydroxylation sites is 1. The van der Waals surface area contributed by atoms with Crippen LogP contribution in [0.15, 0.2) is 48.5 Å². The second-order valence-electron chi connectivity index (χ2n) is 7.03. The van der Waals surface area contributed by atoms with Gasteiger partial charge in [0.15, 0.2) is 0 Å². The molecule has 1 fully saturated rings. The minimum atomic E-state index is 0.0771. The Bertz CT molecular complexity index is 925. The van der Waals surface area contributed by atoms with Crippen LogP contribution in [0.3, 0.4) is 0 Å². The summed E-state index contributed by atoms with van der Waals surface area (Å²) >= 11 is 0. The maximum absolute atomic E-state index is 12.8. The molecule has 1 amide bonds. The lowest BCUT2D eigenvalue weighted by molar-refractivity contribution is 0.0727. The molecule has 1 atom stereocenters. The summed E-state index contributed by atoms with van der Waals surface area (Å²) in [5.74, 6) is 1.66. The van der Waals surface area contributed by atoms with Crippen molar-refractivity contribution in [2.45, 2.75) is 32.7 Å². The number of rotatable bonds is 4. The van der Waals surface area contributed by atoms with Gasteiger partial charge in [-0.2, -0.15) is 0 Å². The summed E-state index contributed by atoms with van der Waals surface area (Å²) in [5.41, 5.74) is 3.68. The van der Waals surface area contributed by atoms with Crippen LogP contribution in [0.1, 0.15) is 35.9 Å². The molecule has 1 aliphatic carbocycles. The third kappa shape index (κ3) is 2.82. The van der Waals surface area contributed by atoms with Gasteiger partial charge in [0.05, 0.1) is 11.0 Å². The molecular weight excluding hydrogens is 310 g/mol. The Morgan fingerprint density at radius 1 is 1.20 bits per heavy atom. The van der Waals surface area contributed by atoms with Crippen molar-refractivity contribution in [1.29, 1.82) is 0 Å². The van der Waals surface area contributed by atoms with Gasteiger partial charge in [0, 0.05) is 24.3 Å². The van der Waals surface area contributed by atoms with Crippen LogP contribution in [0.4, 0.5) is 0 Å². The number of amides is 1. The molecule has 4 nitrogen and oxygen atoms in total. The first kappa shape index (κ1) is 15.9. The third-order valence-electron chi connectivity index (χ3n) is 5.32. The largest absolute Gasteiger partial charge is 0.339 e. The molecule has 0 bridgehead atoms. The van der Waals surface area contributed by atoms with Crippen molar-refractivity contribution < 1.29 is 4.79 Å². The van der Waals surface area contributed by atoms with Gasteiger partial charge in [0.2, 0.25) is 0 Å². The predicted molar refractivity (Wildman–Crippen MR) is 100 cm³/mol. The van der Waals surface area contributed by atoms with Crippen molar-refractivity contribution in [3.05, 3.63) is 59.9 Å². The topological polar surface area (TPSA) is 38.1 Å². The number of aromatic nitrogens is 2. The molecule has 1 saturated carbocycles. The van der Waals surface area contributed by atoms with E-state index in [0.29, 0.717) is 17.5 Å². The summed E-state index contributed by atoms with van der Waals surface area (Å²) in [5, 5.41) is 0. The third-order valence-corrected chi connectivity index (χ3v) is 5.32. The number of carbonyl (C=O) groups is 1. The number of carbonyl (C=O) groups excluding carboxylic acids is 1. The summed E-state index contributed by atoms with van der Waals surface area (Å²) < 4.78 is 2.13. The molecular formula is C21H23N3O. The zero-order chi connectivity index (χ0) is 17.6. The summed E-state index contributed by atoms with van der Waals surface area (Å²) in [7, 11) is 1.91. The van der Waals surface area contributed by atoms with Gasteiger partial charge < -0.3 is 4.90 Å². The first-order valence-electron chi connectivity index (χ1n) is 8.88. The highest BCUT2D eigenvalue weighted by Crippen LogP contribution is 2.35. The fraction of sp³-hybridized carbons (Fsp3) is 0.333. The smallest absolute Gasteiger partial charge is 0.253 e. The average molecular weight is 333 g/mol. The van der Waals surface area contributed by atoms with E-state index in [-0.39, 0.29) is 5.91 Å². The van der Waals surface area contributed by atoms with E-state index in [9.17, 15) is 4.79 Å². The molecule has 0 spiro atoms. The maximum Gasteiger partial charge on any atom is 0.253 e. The standard InChI is InChI=1S/C21H23N3O/c1-14(16-9-10-16)23(3)21(25)17-11-12-20-19(13-17)22-15(2)24(20)18-7-5-4-6-8-18/h4-8,11-14,16H,9-10H2,1-3H3. The maximum atomic E-state index is 12.8. The van der Waals surface area contributed by atoms with Gasteiger partial charge in [-0.15, -0.1) is 0 Å². The van der Waals surface area contributed by atoms with Crippen molar-refractivity contribution in [2.75, 3.05) is 7.05 Å². The molecule has 0 radical (unpaired) electrons. The SMILES string of the molecule is Cc1nc2cc(C(=O)N(C)C(C)C3CC3)ccc2n1-c1ccccc1. The van der Waals surface area contributed by atoms with Gasteiger partial charge in [-0.25, -0.2) is 4.98 Å². The molecule has 1 aliphatic rings. The fourth-order valence-corrected chi connectivity index (χ4v) is 3.52. The van der Waals surface area contributed by atoms with Crippen molar-refractivity contribution >= 4 is 16.9 Å². The summed E-state index contributed by atoms with van der Waals surface area (Å²) in [6.45, 7) is 4.14. The molecule has 128 valence electrons.